The van der Waals surface area contributed by atoms with Crippen molar-refractivity contribution in [3.63, 3.8) is 0 Å². The maximum Gasteiger partial charge on any atom is 0.247 e. The molecule has 0 N–H and O–H groups in total. The molecule has 4 heteroatoms. The smallest absolute Gasteiger partial charge is 0.247 e. The van der Waals surface area contributed by atoms with Crippen LogP contribution < -0.4 is 0 Å². The zero-order valence-electron chi connectivity index (χ0n) is 11.7. The van der Waals surface area contributed by atoms with E-state index in [4.69, 9.17) is 16.9 Å². The average Bonchev–Trinajstić information content (AvgIpc) is 2.46. The van der Waals surface area contributed by atoms with Gasteiger partial charge in [-0.25, -0.2) is 0 Å². The standard InChI is InChI=1S/C16H17ClN2O/c1-3-11(2)19-7-6-12(8-16(19)20)15-9-14(17)5-4-13(15)10-18/h4-5,8-9,11H,3,6-7H2,1-2H3. The number of nitrogens with zero attached hydrogens (tertiary/aromatic N) is 2. The summed E-state index contributed by atoms with van der Waals surface area (Å²) in [6.07, 6.45) is 3.34. The highest BCUT2D eigenvalue weighted by Crippen LogP contribution is 2.28. The Balaban J connectivity index is 2.35. The van der Waals surface area contributed by atoms with Crippen molar-refractivity contribution >= 4 is 23.1 Å². The third-order valence-electron chi connectivity index (χ3n) is 3.77. The Labute approximate surface area is 124 Å². The first-order valence-corrected chi connectivity index (χ1v) is 7.15. The van der Waals surface area contributed by atoms with Crippen LogP contribution in [0.3, 0.4) is 0 Å². The topological polar surface area (TPSA) is 44.1 Å². The lowest BCUT2D eigenvalue weighted by Crippen LogP contribution is -2.40. The molecule has 104 valence electrons. The van der Waals surface area contributed by atoms with Gasteiger partial charge in [0.2, 0.25) is 5.91 Å². The van der Waals surface area contributed by atoms with Gasteiger partial charge in [-0.05, 0) is 49.1 Å². The van der Waals surface area contributed by atoms with Gasteiger partial charge in [-0.15, -0.1) is 0 Å². The van der Waals surface area contributed by atoms with Crippen LogP contribution in [0, 0.1) is 11.3 Å². The summed E-state index contributed by atoms with van der Waals surface area (Å²) in [5, 5.41) is 9.75. The van der Waals surface area contributed by atoms with E-state index in [1.807, 2.05) is 4.90 Å². The van der Waals surface area contributed by atoms with Gasteiger partial charge in [0.1, 0.15) is 0 Å². The normalized spacial score (nSPS) is 16.6. The largest absolute Gasteiger partial charge is 0.336 e. The van der Waals surface area contributed by atoms with Crippen LogP contribution in [0.5, 0.6) is 0 Å². The highest BCUT2D eigenvalue weighted by molar-refractivity contribution is 6.30. The Morgan fingerprint density at radius 2 is 2.25 bits per heavy atom. The van der Waals surface area contributed by atoms with Crippen LogP contribution in [0.15, 0.2) is 24.3 Å². The zero-order chi connectivity index (χ0) is 14.7. The molecule has 3 nitrogen and oxygen atoms in total. The fourth-order valence-corrected chi connectivity index (χ4v) is 2.58. The third kappa shape index (κ3) is 2.86. The molecule has 0 spiro atoms. The van der Waals surface area contributed by atoms with Crippen molar-refractivity contribution in [1.29, 1.82) is 5.26 Å². The number of rotatable bonds is 3. The molecule has 1 atom stereocenters. The molecule has 1 aliphatic rings. The number of halogens is 1. The van der Waals surface area contributed by atoms with Crippen molar-refractivity contribution in [1.82, 2.24) is 4.90 Å². The summed E-state index contributed by atoms with van der Waals surface area (Å²) in [6, 6.07) is 7.56. The second kappa shape index (κ2) is 6.11. The van der Waals surface area contributed by atoms with E-state index in [9.17, 15) is 4.79 Å². The monoisotopic (exact) mass is 288 g/mol. The van der Waals surface area contributed by atoms with Crippen LogP contribution >= 0.6 is 11.6 Å². The molecular weight excluding hydrogens is 272 g/mol. The van der Waals surface area contributed by atoms with Gasteiger partial charge >= 0.3 is 0 Å². The lowest BCUT2D eigenvalue weighted by Gasteiger charge is -2.31. The number of benzene rings is 1. The summed E-state index contributed by atoms with van der Waals surface area (Å²) in [7, 11) is 0. The van der Waals surface area contributed by atoms with Crippen LogP contribution in [0.2, 0.25) is 5.02 Å². The fourth-order valence-electron chi connectivity index (χ4n) is 2.41. The van der Waals surface area contributed by atoms with Crippen molar-refractivity contribution in [2.75, 3.05) is 6.54 Å². The second-order valence-electron chi connectivity index (χ2n) is 5.01. The number of amides is 1. The third-order valence-corrected chi connectivity index (χ3v) is 4.01. The molecular formula is C16H17ClN2O. The zero-order valence-corrected chi connectivity index (χ0v) is 12.4. The summed E-state index contributed by atoms with van der Waals surface area (Å²) < 4.78 is 0. The minimum absolute atomic E-state index is 0.0180. The minimum Gasteiger partial charge on any atom is -0.336 e. The maximum absolute atomic E-state index is 12.2. The molecule has 1 aromatic carbocycles. The molecule has 1 aromatic rings. The molecule has 1 amide bonds. The quantitative estimate of drug-likeness (QED) is 0.852. The van der Waals surface area contributed by atoms with Gasteiger partial charge in [0, 0.05) is 23.7 Å². The summed E-state index contributed by atoms with van der Waals surface area (Å²) in [5.41, 5.74) is 2.23. The van der Waals surface area contributed by atoms with Gasteiger partial charge in [0.15, 0.2) is 0 Å². The Morgan fingerprint density at radius 3 is 2.85 bits per heavy atom. The predicted molar refractivity (Wildman–Crippen MR) is 80.2 cm³/mol. The first kappa shape index (κ1) is 14.6. The van der Waals surface area contributed by atoms with Crippen molar-refractivity contribution in [3.05, 3.63) is 40.4 Å². The van der Waals surface area contributed by atoms with E-state index in [0.29, 0.717) is 17.1 Å². The number of carbonyl (C=O) groups excluding carboxylic acids is 1. The van der Waals surface area contributed by atoms with Crippen molar-refractivity contribution in [2.24, 2.45) is 0 Å². The van der Waals surface area contributed by atoms with Crippen LogP contribution in [-0.2, 0) is 4.79 Å². The second-order valence-corrected chi connectivity index (χ2v) is 5.45. The molecule has 20 heavy (non-hydrogen) atoms. The molecule has 0 bridgehead atoms. The van der Waals surface area contributed by atoms with Crippen molar-refractivity contribution < 1.29 is 4.79 Å². The van der Waals surface area contributed by atoms with E-state index in [2.05, 4.69) is 19.9 Å². The molecule has 1 heterocycles. The van der Waals surface area contributed by atoms with Gasteiger partial charge in [0.25, 0.3) is 0 Å². The number of nitriles is 1. The molecule has 0 radical (unpaired) electrons. The van der Waals surface area contributed by atoms with Crippen molar-refractivity contribution in [3.8, 4) is 6.07 Å². The van der Waals surface area contributed by atoms with Crippen LogP contribution in [0.25, 0.3) is 5.57 Å². The molecule has 0 aromatic heterocycles. The van der Waals surface area contributed by atoms with Crippen LogP contribution in [0.1, 0.15) is 37.8 Å². The van der Waals surface area contributed by atoms with Crippen LogP contribution in [0.4, 0.5) is 0 Å². The minimum atomic E-state index is 0.0180. The molecule has 2 rings (SSSR count). The first-order chi connectivity index (χ1) is 9.56. The summed E-state index contributed by atoms with van der Waals surface area (Å²) in [6.45, 7) is 4.82. The van der Waals surface area contributed by atoms with Gasteiger partial charge in [-0.2, -0.15) is 5.26 Å². The Bertz CT molecular complexity index is 601. The van der Waals surface area contributed by atoms with Gasteiger partial charge < -0.3 is 4.90 Å². The summed E-state index contributed by atoms with van der Waals surface area (Å²) in [5.74, 6) is 0.0180. The van der Waals surface area contributed by atoms with E-state index in [1.54, 1.807) is 24.3 Å². The lowest BCUT2D eigenvalue weighted by molar-refractivity contribution is -0.128. The van der Waals surface area contributed by atoms with E-state index >= 15 is 0 Å². The Morgan fingerprint density at radius 1 is 1.50 bits per heavy atom. The highest BCUT2D eigenvalue weighted by atomic mass is 35.5. The molecule has 0 saturated heterocycles. The number of hydrogen-bond donors (Lipinski definition) is 0. The molecule has 0 aliphatic carbocycles. The lowest BCUT2D eigenvalue weighted by atomic mass is 9.94. The van der Waals surface area contributed by atoms with E-state index in [-0.39, 0.29) is 11.9 Å². The van der Waals surface area contributed by atoms with Gasteiger partial charge in [-0.1, -0.05) is 18.5 Å². The van der Waals surface area contributed by atoms with Gasteiger partial charge in [0.05, 0.1) is 11.6 Å². The van der Waals surface area contributed by atoms with E-state index in [0.717, 1.165) is 24.0 Å². The molecule has 1 unspecified atom stereocenters. The SMILES string of the molecule is CCC(C)N1CCC(c2cc(Cl)ccc2C#N)=CC1=O. The fraction of sp³-hybridized carbons (Fsp3) is 0.375. The molecule has 0 fully saturated rings. The molecule has 0 saturated carbocycles. The Kier molecular flexibility index (Phi) is 4.46. The number of carbonyl (C=O) groups is 1. The molecule has 1 aliphatic heterocycles. The first-order valence-electron chi connectivity index (χ1n) is 6.78. The van der Waals surface area contributed by atoms with Crippen molar-refractivity contribution in [2.45, 2.75) is 32.7 Å². The van der Waals surface area contributed by atoms with Gasteiger partial charge in [-0.3, -0.25) is 4.79 Å². The van der Waals surface area contributed by atoms with E-state index < -0.39 is 0 Å². The summed E-state index contributed by atoms with van der Waals surface area (Å²) >= 11 is 6.00. The predicted octanol–water partition coefficient (Wildman–Crippen LogP) is 3.63. The van der Waals surface area contributed by atoms with Crippen LogP contribution in [-0.4, -0.2) is 23.4 Å². The highest BCUT2D eigenvalue weighted by Gasteiger charge is 2.23. The maximum atomic E-state index is 12.2. The van der Waals surface area contributed by atoms with E-state index in [1.165, 1.54) is 0 Å². The number of hydrogen-bond acceptors (Lipinski definition) is 2. The average molecular weight is 289 g/mol. The summed E-state index contributed by atoms with van der Waals surface area (Å²) in [4.78, 5) is 14.1. The Hall–Kier alpha value is -1.79.